The van der Waals surface area contributed by atoms with Crippen LogP contribution in [-0.4, -0.2) is 42.6 Å². The van der Waals surface area contributed by atoms with E-state index in [1.165, 1.54) is 11.1 Å². The summed E-state index contributed by atoms with van der Waals surface area (Å²) in [6.45, 7) is 5.99. The third-order valence-corrected chi connectivity index (χ3v) is 3.94. The predicted molar refractivity (Wildman–Crippen MR) is 91.3 cm³/mol. The molecular formula is C17H27ClN2O2. The van der Waals surface area contributed by atoms with E-state index < -0.39 is 6.04 Å². The van der Waals surface area contributed by atoms with Crippen molar-refractivity contribution in [2.45, 2.75) is 45.3 Å². The lowest BCUT2D eigenvalue weighted by Gasteiger charge is -2.27. The molecule has 2 rings (SSSR count). The van der Waals surface area contributed by atoms with Gasteiger partial charge in [-0.1, -0.05) is 29.8 Å². The van der Waals surface area contributed by atoms with Gasteiger partial charge in [0.2, 0.25) is 5.91 Å². The molecule has 0 bridgehead atoms. The van der Waals surface area contributed by atoms with Gasteiger partial charge >= 0.3 is 0 Å². The lowest BCUT2D eigenvalue weighted by atomic mass is 10.1. The molecule has 0 aromatic heterocycles. The number of nitrogens with two attached hydrogens (primary N) is 1. The third kappa shape index (κ3) is 5.59. The number of aryl methyl sites for hydroxylation is 1. The van der Waals surface area contributed by atoms with Crippen LogP contribution >= 0.6 is 12.4 Å². The van der Waals surface area contributed by atoms with E-state index in [0.717, 1.165) is 25.9 Å². The van der Waals surface area contributed by atoms with Gasteiger partial charge in [-0.3, -0.25) is 4.79 Å². The Morgan fingerprint density at radius 2 is 2.09 bits per heavy atom. The summed E-state index contributed by atoms with van der Waals surface area (Å²) < 4.78 is 5.65. The highest BCUT2D eigenvalue weighted by Gasteiger charge is 2.24. The molecule has 1 heterocycles. The van der Waals surface area contributed by atoms with Gasteiger partial charge in [0.05, 0.1) is 12.1 Å². The smallest absolute Gasteiger partial charge is 0.239 e. The van der Waals surface area contributed by atoms with Gasteiger partial charge in [0, 0.05) is 19.7 Å². The number of ether oxygens (including phenoxy) is 1. The fraction of sp³-hybridized carbons (Fsp3) is 0.588. The summed E-state index contributed by atoms with van der Waals surface area (Å²) in [5.74, 6) is 0.0117. The monoisotopic (exact) mass is 326 g/mol. The van der Waals surface area contributed by atoms with Crippen LogP contribution in [0.5, 0.6) is 0 Å². The van der Waals surface area contributed by atoms with Gasteiger partial charge < -0.3 is 15.4 Å². The molecule has 0 saturated carbocycles. The van der Waals surface area contributed by atoms with Crippen LogP contribution in [0.3, 0.4) is 0 Å². The Kier molecular flexibility index (Phi) is 7.87. The number of hydrogen-bond acceptors (Lipinski definition) is 3. The van der Waals surface area contributed by atoms with Crippen LogP contribution in [0, 0.1) is 6.92 Å². The second-order valence-electron chi connectivity index (χ2n) is 5.94. The van der Waals surface area contributed by atoms with Crippen LogP contribution in [0.15, 0.2) is 24.3 Å². The van der Waals surface area contributed by atoms with Gasteiger partial charge in [0.1, 0.15) is 0 Å². The molecule has 124 valence electrons. The van der Waals surface area contributed by atoms with E-state index in [1.54, 1.807) is 6.92 Å². The molecule has 0 spiro atoms. The second-order valence-corrected chi connectivity index (χ2v) is 5.94. The standard InChI is InChI=1S/C17H26N2O2.ClH/c1-13-5-7-15(8-6-13)9-10-19(17(20)14(2)18)12-16-4-3-11-21-16;/h5-8,14,16H,3-4,9-12,18H2,1-2H3;1H/t14-,16?;/m1./s1. The lowest BCUT2D eigenvalue weighted by Crippen LogP contribution is -2.46. The van der Waals surface area contributed by atoms with Crippen LogP contribution in [-0.2, 0) is 16.0 Å². The summed E-state index contributed by atoms with van der Waals surface area (Å²) in [5, 5.41) is 0. The van der Waals surface area contributed by atoms with Crippen molar-refractivity contribution in [3.8, 4) is 0 Å². The van der Waals surface area contributed by atoms with E-state index in [4.69, 9.17) is 10.5 Å². The molecule has 1 fully saturated rings. The minimum absolute atomic E-state index is 0. The maximum Gasteiger partial charge on any atom is 0.239 e. The first kappa shape index (κ1) is 18.9. The number of halogens is 1. The van der Waals surface area contributed by atoms with Crippen molar-refractivity contribution in [3.63, 3.8) is 0 Å². The van der Waals surface area contributed by atoms with Crippen molar-refractivity contribution in [1.82, 2.24) is 4.90 Å². The Balaban J connectivity index is 0.00000242. The van der Waals surface area contributed by atoms with E-state index in [1.807, 2.05) is 4.90 Å². The highest BCUT2D eigenvalue weighted by molar-refractivity contribution is 5.85. The Labute approximate surface area is 139 Å². The molecule has 0 radical (unpaired) electrons. The van der Waals surface area contributed by atoms with E-state index >= 15 is 0 Å². The zero-order chi connectivity index (χ0) is 15.2. The Bertz CT molecular complexity index is 456. The molecule has 1 aromatic carbocycles. The van der Waals surface area contributed by atoms with E-state index in [9.17, 15) is 4.79 Å². The van der Waals surface area contributed by atoms with Gasteiger partial charge in [-0.15, -0.1) is 12.4 Å². The lowest BCUT2D eigenvalue weighted by molar-refractivity contribution is -0.133. The Morgan fingerprint density at radius 1 is 1.41 bits per heavy atom. The zero-order valence-electron chi connectivity index (χ0n) is 13.5. The number of hydrogen-bond donors (Lipinski definition) is 1. The molecule has 1 aromatic rings. The normalized spacial score (nSPS) is 18.6. The minimum Gasteiger partial charge on any atom is -0.376 e. The molecule has 22 heavy (non-hydrogen) atoms. The molecule has 5 heteroatoms. The summed E-state index contributed by atoms with van der Waals surface area (Å²) in [4.78, 5) is 14.1. The predicted octanol–water partition coefficient (Wildman–Crippen LogP) is 2.31. The minimum atomic E-state index is -0.454. The quantitative estimate of drug-likeness (QED) is 0.872. The van der Waals surface area contributed by atoms with E-state index in [-0.39, 0.29) is 24.4 Å². The number of carbonyl (C=O) groups is 1. The van der Waals surface area contributed by atoms with Crippen molar-refractivity contribution in [2.75, 3.05) is 19.7 Å². The van der Waals surface area contributed by atoms with Crippen molar-refractivity contribution in [1.29, 1.82) is 0 Å². The van der Waals surface area contributed by atoms with Crippen molar-refractivity contribution >= 4 is 18.3 Å². The summed E-state index contributed by atoms with van der Waals surface area (Å²) in [5.41, 5.74) is 8.27. The second kappa shape index (κ2) is 9.13. The first-order valence-corrected chi connectivity index (χ1v) is 7.78. The number of nitrogens with zero attached hydrogens (tertiary/aromatic N) is 1. The van der Waals surface area contributed by atoms with E-state index in [0.29, 0.717) is 13.1 Å². The average Bonchev–Trinajstić information content (AvgIpc) is 2.97. The number of rotatable bonds is 6. The topological polar surface area (TPSA) is 55.6 Å². The van der Waals surface area contributed by atoms with Gasteiger partial charge in [-0.25, -0.2) is 0 Å². The molecule has 2 N–H and O–H groups in total. The maximum atomic E-state index is 12.3. The van der Waals surface area contributed by atoms with Crippen molar-refractivity contribution in [2.24, 2.45) is 5.73 Å². The molecule has 1 aliphatic rings. The number of benzene rings is 1. The van der Waals surface area contributed by atoms with Crippen LogP contribution in [0.2, 0.25) is 0 Å². The highest BCUT2D eigenvalue weighted by Crippen LogP contribution is 2.14. The number of amides is 1. The number of carbonyl (C=O) groups excluding carboxylic acids is 1. The average molecular weight is 327 g/mol. The zero-order valence-corrected chi connectivity index (χ0v) is 14.3. The fourth-order valence-corrected chi connectivity index (χ4v) is 2.63. The summed E-state index contributed by atoms with van der Waals surface area (Å²) >= 11 is 0. The van der Waals surface area contributed by atoms with E-state index in [2.05, 4.69) is 31.2 Å². The molecule has 1 unspecified atom stereocenters. The SMILES string of the molecule is Cc1ccc(CCN(CC2CCCO2)C(=O)[C@@H](C)N)cc1.Cl. The van der Waals surface area contributed by atoms with Crippen molar-refractivity contribution < 1.29 is 9.53 Å². The fourth-order valence-electron chi connectivity index (χ4n) is 2.63. The Morgan fingerprint density at radius 3 is 2.64 bits per heavy atom. The van der Waals surface area contributed by atoms with Crippen LogP contribution in [0.1, 0.15) is 30.9 Å². The summed E-state index contributed by atoms with van der Waals surface area (Å²) in [7, 11) is 0. The van der Waals surface area contributed by atoms with Crippen LogP contribution in [0.4, 0.5) is 0 Å². The molecule has 1 aliphatic heterocycles. The molecule has 2 atom stereocenters. The molecule has 0 aliphatic carbocycles. The summed E-state index contributed by atoms with van der Waals surface area (Å²) in [6, 6.07) is 8.00. The van der Waals surface area contributed by atoms with Gasteiger partial charge in [-0.2, -0.15) is 0 Å². The van der Waals surface area contributed by atoms with Gasteiger partial charge in [0.25, 0.3) is 0 Å². The van der Waals surface area contributed by atoms with Crippen LogP contribution < -0.4 is 5.73 Å². The molecule has 1 saturated heterocycles. The summed E-state index contributed by atoms with van der Waals surface area (Å²) in [6.07, 6.45) is 3.15. The molecular weight excluding hydrogens is 300 g/mol. The Hall–Kier alpha value is -1.10. The molecule has 4 nitrogen and oxygen atoms in total. The first-order valence-electron chi connectivity index (χ1n) is 7.78. The van der Waals surface area contributed by atoms with Crippen molar-refractivity contribution in [3.05, 3.63) is 35.4 Å². The first-order chi connectivity index (χ1) is 10.1. The van der Waals surface area contributed by atoms with Gasteiger partial charge in [0.15, 0.2) is 0 Å². The van der Waals surface area contributed by atoms with Crippen LogP contribution in [0.25, 0.3) is 0 Å². The maximum absolute atomic E-state index is 12.3. The third-order valence-electron chi connectivity index (χ3n) is 3.94. The largest absolute Gasteiger partial charge is 0.376 e. The highest BCUT2D eigenvalue weighted by atomic mass is 35.5. The molecule has 1 amide bonds. The van der Waals surface area contributed by atoms with Gasteiger partial charge in [-0.05, 0) is 38.7 Å².